The number of ether oxygens (including phenoxy) is 1. The third-order valence-electron chi connectivity index (χ3n) is 5.72. The van der Waals surface area contributed by atoms with Gasteiger partial charge in [0.1, 0.15) is 11.2 Å². The summed E-state index contributed by atoms with van der Waals surface area (Å²) in [7, 11) is 1.74. The molecule has 0 saturated heterocycles. The summed E-state index contributed by atoms with van der Waals surface area (Å²) >= 11 is 6.42. The molecule has 0 radical (unpaired) electrons. The Bertz CT molecular complexity index is 850. The van der Waals surface area contributed by atoms with Crippen molar-refractivity contribution in [2.24, 2.45) is 12.5 Å². The molecule has 1 aromatic heterocycles. The van der Waals surface area contributed by atoms with Crippen LogP contribution in [0.25, 0.3) is 10.9 Å². The van der Waals surface area contributed by atoms with Gasteiger partial charge in [0, 0.05) is 36.4 Å². The number of amides is 1. The van der Waals surface area contributed by atoms with Crippen LogP contribution >= 0.6 is 11.6 Å². The number of nitrogens with one attached hydrogen (secondary N) is 1. The zero-order chi connectivity index (χ0) is 19.3. The number of aliphatic carboxylic acids is 1. The normalized spacial score (nSPS) is 24.3. The van der Waals surface area contributed by atoms with Gasteiger partial charge in [-0.15, -0.1) is 0 Å². The zero-order valence-corrected chi connectivity index (χ0v) is 16.1. The highest BCUT2D eigenvalue weighted by molar-refractivity contribution is 6.39. The van der Waals surface area contributed by atoms with Crippen LogP contribution in [0.4, 0.5) is 0 Å². The Balaban J connectivity index is 1.98. The van der Waals surface area contributed by atoms with E-state index in [0.29, 0.717) is 11.6 Å². The molecule has 0 spiro atoms. The van der Waals surface area contributed by atoms with Gasteiger partial charge in [0.2, 0.25) is 0 Å². The van der Waals surface area contributed by atoms with Gasteiger partial charge in [-0.05, 0) is 13.0 Å². The average Bonchev–Trinajstić information content (AvgIpc) is 2.85. The summed E-state index contributed by atoms with van der Waals surface area (Å²) in [5, 5.41) is 13.7. The highest BCUT2D eigenvalue weighted by Gasteiger charge is 2.66. The summed E-state index contributed by atoms with van der Waals surface area (Å²) in [5.74, 6) is -1.57. The minimum absolute atomic E-state index is 0.219. The summed E-state index contributed by atoms with van der Waals surface area (Å²) in [6, 6.07) is 7.40. The van der Waals surface area contributed by atoms with E-state index in [1.807, 2.05) is 31.2 Å². The number of carboxylic acid groups (broad SMARTS) is 1. The van der Waals surface area contributed by atoms with Crippen molar-refractivity contribution in [3.8, 4) is 0 Å². The highest BCUT2D eigenvalue weighted by atomic mass is 35.5. The average molecular weight is 379 g/mol. The topological polar surface area (TPSA) is 80.6 Å². The number of aromatic nitrogens is 1. The molecule has 0 bridgehead atoms. The Hall–Kier alpha value is -2.05. The molecule has 2 unspecified atom stereocenters. The van der Waals surface area contributed by atoms with Gasteiger partial charge in [0.15, 0.2) is 0 Å². The fraction of sp³-hybridized carbons (Fsp3) is 0.474. The summed E-state index contributed by atoms with van der Waals surface area (Å²) < 4.78 is 7.32. The molecular formula is C19H23ClN2O4. The predicted molar refractivity (Wildman–Crippen MR) is 99.6 cm³/mol. The van der Waals surface area contributed by atoms with Crippen LogP contribution in [0, 0.1) is 5.41 Å². The molecule has 1 heterocycles. The maximum Gasteiger partial charge on any atom is 0.330 e. The second kappa shape index (κ2) is 6.28. The Morgan fingerprint density at radius 1 is 1.38 bits per heavy atom. The van der Waals surface area contributed by atoms with Crippen molar-refractivity contribution >= 4 is 34.4 Å². The fourth-order valence-electron chi connectivity index (χ4n) is 3.89. The first kappa shape index (κ1) is 18.7. The first-order valence-electron chi connectivity index (χ1n) is 8.57. The monoisotopic (exact) mass is 378 g/mol. The van der Waals surface area contributed by atoms with Gasteiger partial charge < -0.3 is 19.7 Å². The number of benzene rings is 1. The van der Waals surface area contributed by atoms with Crippen molar-refractivity contribution in [2.75, 3.05) is 6.61 Å². The number of aryl methyl sites for hydroxylation is 1. The largest absolute Gasteiger partial charge is 0.479 e. The number of hydrogen-bond donors (Lipinski definition) is 2. The van der Waals surface area contributed by atoms with Crippen molar-refractivity contribution in [3.05, 3.63) is 35.0 Å². The smallest absolute Gasteiger partial charge is 0.330 e. The Kier molecular flexibility index (Phi) is 4.53. The van der Waals surface area contributed by atoms with Gasteiger partial charge in [-0.25, -0.2) is 4.79 Å². The van der Waals surface area contributed by atoms with Crippen LogP contribution < -0.4 is 5.32 Å². The quantitative estimate of drug-likeness (QED) is 0.837. The zero-order valence-electron chi connectivity index (χ0n) is 15.3. The lowest BCUT2D eigenvalue weighted by atomic mass is 9.54. The fourth-order valence-corrected chi connectivity index (χ4v) is 4.26. The van der Waals surface area contributed by atoms with Crippen molar-refractivity contribution < 1.29 is 19.4 Å². The molecule has 1 aliphatic rings. The third kappa shape index (κ3) is 2.43. The number of carboxylic acids is 1. The first-order chi connectivity index (χ1) is 12.2. The molecule has 2 N–H and O–H groups in total. The van der Waals surface area contributed by atoms with Gasteiger partial charge in [-0.3, -0.25) is 4.79 Å². The van der Waals surface area contributed by atoms with Crippen LogP contribution in [-0.4, -0.2) is 39.8 Å². The Morgan fingerprint density at radius 2 is 2.04 bits per heavy atom. The van der Waals surface area contributed by atoms with Crippen molar-refractivity contribution in [3.63, 3.8) is 0 Å². The maximum atomic E-state index is 13.0. The predicted octanol–water partition coefficient (Wildman–Crippen LogP) is 3.22. The van der Waals surface area contributed by atoms with Gasteiger partial charge in [-0.2, -0.15) is 0 Å². The second-order valence-electron chi connectivity index (χ2n) is 7.27. The number of para-hydroxylation sites is 1. The molecule has 1 aromatic carbocycles. The molecule has 6 nitrogen and oxygen atoms in total. The first-order valence-corrected chi connectivity index (χ1v) is 8.95. The molecule has 1 amide bonds. The number of halogens is 1. The molecule has 3 rings (SSSR count). The van der Waals surface area contributed by atoms with Crippen LogP contribution in [0.2, 0.25) is 5.02 Å². The number of nitrogens with zero attached hydrogens (tertiary/aromatic N) is 1. The molecule has 1 fully saturated rings. The number of fused-ring (bicyclic) bond motifs is 1. The SMILES string of the molecule is CCOC1CC(NC(=O)c2c(Cl)c3ccccc3n2C)(C(=O)O)C1(C)C. The van der Waals surface area contributed by atoms with E-state index in [-0.39, 0.29) is 18.2 Å². The maximum absolute atomic E-state index is 13.0. The summed E-state index contributed by atoms with van der Waals surface area (Å²) in [5.41, 5.74) is -1.08. The highest BCUT2D eigenvalue weighted by Crippen LogP contribution is 2.51. The molecule has 1 aliphatic carbocycles. The summed E-state index contributed by atoms with van der Waals surface area (Å²) in [6.07, 6.45) is -0.0110. The number of carbonyl (C=O) groups is 2. The van der Waals surface area contributed by atoms with Gasteiger partial charge in [0.05, 0.1) is 11.1 Å². The van der Waals surface area contributed by atoms with Crippen LogP contribution in [0.15, 0.2) is 24.3 Å². The molecule has 26 heavy (non-hydrogen) atoms. The molecule has 7 heteroatoms. The lowest BCUT2D eigenvalue weighted by Crippen LogP contribution is -2.76. The standard InChI is InChI=1S/C19H23ClN2O4/c1-5-26-13-10-19(17(24)25,18(13,2)3)21-16(23)15-14(20)11-8-6-7-9-12(11)22(15)4/h6-9,13H,5,10H2,1-4H3,(H,21,23)(H,24,25). The van der Waals surface area contributed by atoms with Gasteiger partial charge in [0.25, 0.3) is 5.91 Å². The lowest BCUT2D eigenvalue weighted by molar-refractivity contribution is -0.190. The third-order valence-corrected chi connectivity index (χ3v) is 6.10. The van der Waals surface area contributed by atoms with E-state index in [1.165, 1.54) is 0 Å². The minimum Gasteiger partial charge on any atom is -0.479 e. The minimum atomic E-state index is -1.40. The van der Waals surface area contributed by atoms with Crippen LogP contribution in [-0.2, 0) is 16.6 Å². The number of carbonyl (C=O) groups excluding carboxylic acids is 1. The van der Waals surface area contributed by atoms with Gasteiger partial charge >= 0.3 is 5.97 Å². The number of hydrogen-bond acceptors (Lipinski definition) is 3. The molecule has 140 valence electrons. The molecular weight excluding hydrogens is 356 g/mol. The van der Waals surface area contributed by atoms with Crippen molar-refractivity contribution in [1.29, 1.82) is 0 Å². The van der Waals surface area contributed by atoms with Crippen LogP contribution in [0.5, 0.6) is 0 Å². The van der Waals surface area contributed by atoms with E-state index in [1.54, 1.807) is 25.5 Å². The Labute approximate surface area is 157 Å². The Morgan fingerprint density at radius 3 is 2.58 bits per heavy atom. The summed E-state index contributed by atoms with van der Waals surface area (Å²) in [4.78, 5) is 25.1. The van der Waals surface area contributed by atoms with E-state index in [9.17, 15) is 14.7 Å². The van der Waals surface area contributed by atoms with Crippen molar-refractivity contribution in [2.45, 2.75) is 38.8 Å². The molecule has 2 atom stereocenters. The lowest BCUT2D eigenvalue weighted by Gasteiger charge is -2.58. The number of rotatable bonds is 5. The molecule has 0 aliphatic heterocycles. The van der Waals surface area contributed by atoms with Crippen LogP contribution in [0.1, 0.15) is 37.7 Å². The van der Waals surface area contributed by atoms with Crippen LogP contribution in [0.3, 0.4) is 0 Å². The summed E-state index contributed by atoms with van der Waals surface area (Å²) in [6.45, 7) is 5.96. The van der Waals surface area contributed by atoms with E-state index in [4.69, 9.17) is 16.3 Å². The van der Waals surface area contributed by atoms with E-state index >= 15 is 0 Å². The van der Waals surface area contributed by atoms with E-state index in [2.05, 4.69) is 5.32 Å². The molecule has 2 aromatic rings. The second-order valence-corrected chi connectivity index (χ2v) is 7.65. The van der Waals surface area contributed by atoms with Gasteiger partial charge in [-0.1, -0.05) is 43.6 Å². The van der Waals surface area contributed by atoms with Crippen molar-refractivity contribution in [1.82, 2.24) is 9.88 Å². The van der Waals surface area contributed by atoms with E-state index in [0.717, 1.165) is 10.9 Å². The van der Waals surface area contributed by atoms with E-state index < -0.39 is 22.8 Å². The molecule has 1 saturated carbocycles.